The van der Waals surface area contributed by atoms with Gasteiger partial charge in [0.05, 0.1) is 8.95 Å². The van der Waals surface area contributed by atoms with Gasteiger partial charge in [-0.3, -0.25) is 19.2 Å². The largest absolute Gasteiger partial charge is 0.422 e. The van der Waals surface area contributed by atoms with Crippen molar-refractivity contribution in [3.05, 3.63) is 173 Å². The number of fused-ring (bicyclic) bond motifs is 6. The molecule has 0 N–H and O–H groups in total. The maximum Gasteiger partial charge on any atom is 0.308 e. The van der Waals surface area contributed by atoms with Crippen molar-refractivity contribution in [2.75, 3.05) is 0 Å². The number of hydrogen-bond acceptors (Lipinski definition) is 8. The molecule has 0 bridgehead atoms. The van der Waals surface area contributed by atoms with Crippen molar-refractivity contribution in [1.82, 2.24) is 0 Å². The Hall–Kier alpha value is -9.74. The minimum Gasteiger partial charge on any atom is -0.422 e. The van der Waals surface area contributed by atoms with Crippen LogP contribution in [0.1, 0.15) is 94.5 Å². The van der Waals surface area contributed by atoms with E-state index in [2.05, 4.69) is 212 Å². The van der Waals surface area contributed by atoms with Crippen LogP contribution in [0.25, 0.3) is 174 Å². The molecule has 0 heterocycles. The second kappa shape index (κ2) is 20.4. The second-order valence-electron chi connectivity index (χ2n) is 27.7. The van der Waals surface area contributed by atoms with Gasteiger partial charge in [0.1, 0.15) is 0 Å². The first-order valence-electron chi connectivity index (χ1n) is 32.6. The Labute approximate surface area is 570 Å². The minimum absolute atomic E-state index is 0.101. The SMILES string of the molecule is CC(=O)Oc1c(Br)c2c3cc(-c4c(C)cc(C)cc4C)cc4c5cc(-c6c(C)cc(C)cc6C)cc6c7c(Br)c(OC(C)=O)c(OC(C)=O)c8c9cc(-c%10c(C)cc(C)cc%10C)cc%10c%11cc(-c%12c(C)cc(C)cc%12C)cc%12c(c1OC(C)=O)c2c1c(c43)c(c56)c(c78)c(c%109)c1c%11%12. The Morgan fingerprint density at radius 1 is 0.229 bits per heavy atom. The number of rotatable bonds is 8. The van der Waals surface area contributed by atoms with Crippen LogP contribution in [-0.2, 0) is 19.2 Å². The van der Waals surface area contributed by atoms with Gasteiger partial charge in [0.15, 0.2) is 23.0 Å². The average molecular weight is 1390 g/mol. The van der Waals surface area contributed by atoms with Crippen LogP contribution in [0, 0.1) is 83.1 Å². The van der Waals surface area contributed by atoms with Crippen LogP contribution in [0.5, 0.6) is 23.0 Å². The van der Waals surface area contributed by atoms with E-state index in [1.165, 1.54) is 27.7 Å². The van der Waals surface area contributed by atoms with Gasteiger partial charge in [-0.1, -0.05) is 70.8 Å². The predicted molar refractivity (Wildman–Crippen MR) is 403 cm³/mol. The number of esters is 4. The molecule has 8 nitrogen and oxygen atoms in total. The van der Waals surface area contributed by atoms with Crippen LogP contribution in [0.2, 0.25) is 0 Å². The summed E-state index contributed by atoms with van der Waals surface area (Å²) in [4.78, 5) is 56.4. The molecule has 470 valence electrons. The number of carbonyl (C=O) groups is 4. The summed E-state index contributed by atoms with van der Waals surface area (Å²) in [5.74, 6) is -1.86. The van der Waals surface area contributed by atoms with Crippen LogP contribution < -0.4 is 18.9 Å². The van der Waals surface area contributed by atoms with E-state index < -0.39 is 23.9 Å². The van der Waals surface area contributed by atoms with Crippen LogP contribution in [0.15, 0.2) is 106 Å². The zero-order valence-electron chi connectivity index (χ0n) is 56.3. The molecule has 0 saturated heterocycles. The van der Waals surface area contributed by atoms with Gasteiger partial charge in [-0.05, 0) is 339 Å². The standard InChI is InChI=1S/C86H64Br2O8/c1-33-17-37(5)61(38(6)18-33)49-25-53-54-26-50(62-39(7)19-34(2)20-40(62)8)30-58-66(54)74-73-65(53)57(29-49)69-77-71(83(93-45(13)89)85(81(69)87)95-47(15)91)59-31-51(63-41(9)21-35(3)22-42(63)10)27-55-56-28-52(64-43(11)23-36(4)24-44(64)12)32-60-68(56)76(75(67(55)59)79(73)77)80(74)78-70(58)82(88)86(96-48(16)92)84(72(60)78)94-46(14)90/h17-32H,1-16H3. The molecule has 0 saturated carbocycles. The first-order valence-corrected chi connectivity index (χ1v) is 34.2. The van der Waals surface area contributed by atoms with E-state index >= 15 is 0 Å². The number of ether oxygens (including phenoxy) is 4. The number of hydrogen-bond donors (Lipinski definition) is 0. The molecule has 0 radical (unpaired) electrons. The van der Waals surface area contributed by atoms with Crippen LogP contribution in [0.3, 0.4) is 0 Å². The molecule has 0 atom stereocenters. The Bertz CT molecular complexity index is 5980. The predicted octanol–water partition coefficient (Wildman–Crippen LogP) is 23.7. The van der Waals surface area contributed by atoms with Gasteiger partial charge in [0.2, 0.25) is 0 Å². The molecular formula is C86H64Br2O8. The van der Waals surface area contributed by atoms with Gasteiger partial charge in [0, 0.05) is 70.8 Å². The molecule has 17 aromatic rings. The fraction of sp³-hybridized carbons (Fsp3) is 0.186. The van der Waals surface area contributed by atoms with Gasteiger partial charge >= 0.3 is 23.9 Å². The highest BCUT2D eigenvalue weighted by Gasteiger charge is 2.39. The van der Waals surface area contributed by atoms with E-state index in [9.17, 15) is 19.2 Å². The Morgan fingerprint density at radius 2 is 0.406 bits per heavy atom. The highest BCUT2D eigenvalue weighted by atomic mass is 79.9. The van der Waals surface area contributed by atoms with Crippen molar-refractivity contribution in [3.63, 3.8) is 0 Å². The van der Waals surface area contributed by atoms with Gasteiger partial charge in [-0.2, -0.15) is 0 Å². The Balaban J connectivity index is 1.30. The zero-order valence-corrected chi connectivity index (χ0v) is 59.4. The molecule has 0 fully saturated rings. The molecular weight excluding hydrogens is 1320 g/mol. The summed E-state index contributed by atoms with van der Waals surface area (Å²) < 4.78 is 27.4. The lowest BCUT2D eigenvalue weighted by molar-refractivity contribution is -0.134. The normalized spacial score (nSPS) is 12.4. The third kappa shape index (κ3) is 8.00. The molecule has 96 heavy (non-hydrogen) atoms. The highest BCUT2D eigenvalue weighted by Crippen LogP contribution is 2.66. The first kappa shape index (κ1) is 60.0. The fourth-order valence-electron chi connectivity index (χ4n) is 18.5. The molecule has 17 aromatic carbocycles. The van der Waals surface area contributed by atoms with E-state index in [0.717, 1.165) is 230 Å². The van der Waals surface area contributed by atoms with Crippen LogP contribution >= 0.6 is 31.9 Å². The van der Waals surface area contributed by atoms with Crippen molar-refractivity contribution in [2.45, 2.75) is 111 Å². The summed E-state index contributed by atoms with van der Waals surface area (Å²) in [6.45, 7) is 31.4. The molecule has 10 heteroatoms. The van der Waals surface area contributed by atoms with Crippen molar-refractivity contribution in [1.29, 1.82) is 0 Å². The number of halogens is 2. The van der Waals surface area contributed by atoms with Crippen molar-refractivity contribution < 1.29 is 38.1 Å². The maximum absolute atomic E-state index is 14.2. The zero-order chi connectivity index (χ0) is 67.3. The summed E-state index contributed by atoms with van der Waals surface area (Å²) in [7, 11) is 0. The molecule has 0 unspecified atom stereocenters. The fourth-order valence-corrected chi connectivity index (χ4v) is 19.8. The van der Waals surface area contributed by atoms with Gasteiger partial charge < -0.3 is 18.9 Å². The van der Waals surface area contributed by atoms with E-state index in [-0.39, 0.29) is 23.0 Å². The second-order valence-corrected chi connectivity index (χ2v) is 29.3. The monoisotopic (exact) mass is 1380 g/mol. The Morgan fingerprint density at radius 3 is 0.625 bits per heavy atom. The lowest BCUT2D eigenvalue weighted by Gasteiger charge is -2.32. The van der Waals surface area contributed by atoms with Gasteiger partial charge in [0.25, 0.3) is 0 Å². The van der Waals surface area contributed by atoms with Crippen molar-refractivity contribution in [3.8, 4) is 67.5 Å². The summed E-state index contributed by atoms with van der Waals surface area (Å²) in [5, 5.41) is 21.6. The number of benzene rings is 17. The number of carbonyl (C=O) groups excluding carboxylic acids is 4. The molecule has 0 aromatic heterocycles. The van der Waals surface area contributed by atoms with Crippen molar-refractivity contribution in [2.24, 2.45) is 0 Å². The molecule has 0 aliphatic heterocycles. The molecule has 0 amide bonds. The summed E-state index contributed by atoms with van der Waals surface area (Å²) in [5.41, 5.74) is 21.6. The quantitative estimate of drug-likeness (QED) is 0.0641. The smallest absolute Gasteiger partial charge is 0.308 e. The third-order valence-corrected chi connectivity index (χ3v) is 22.3. The maximum atomic E-state index is 14.2. The van der Waals surface area contributed by atoms with E-state index in [0.29, 0.717) is 19.7 Å². The van der Waals surface area contributed by atoms with E-state index in [1.54, 1.807) is 0 Å². The van der Waals surface area contributed by atoms with Crippen molar-refractivity contribution >= 4 is 185 Å². The first-order chi connectivity index (χ1) is 45.7. The van der Waals surface area contributed by atoms with E-state index in [1.807, 2.05) is 0 Å². The average Bonchev–Trinajstić information content (AvgIpc) is 0.637. The summed E-state index contributed by atoms with van der Waals surface area (Å²) in [6, 6.07) is 36.5. The molecule has 0 spiro atoms. The summed E-state index contributed by atoms with van der Waals surface area (Å²) in [6.07, 6.45) is 0. The lowest BCUT2D eigenvalue weighted by atomic mass is 9.72. The van der Waals surface area contributed by atoms with Crippen LogP contribution in [0.4, 0.5) is 0 Å². The topological polar surface area (TPSA) is 105 Å². The minimum atomic E-state index is -0.581. The lowest BCUT2D eigenvalue weighted by Crippen LogP contribution is -2.10. The molecule has 17 rings (SSSR count). The van der Waals surface area contributed by atoms with Crippen LogP contribution in [-0.4, -0.2) is 23.9 Å². The molecule has 0 aliphatic carbocycles. The number of aryl methyl sites for hydroxylation is 12. The van der Waals surface area contributed by atoms with E-state index in [4.69, 9.17) is 18.9 Å². The van der Waals surface area contributed by atoms with Gasteiger partial charge in [-0.15, -0.1) is 0 Å². The highest BCUT2D eigenvalue weighted by molar-refractivity contribution is 9.11. The third-order valence-electron chi connectivity index (χ3n) is 20.8. The summed E-state index contributed by atoms with van der Waals surface area (Å²) >= 11 is 8.45. The Kier molecular flexibility index (Phi) is 12.7. The van der Waals surface area contributed by atoms with Gasteiger partial charge in [-0.25, -0.2) is 0 Å². The molecule has 0 aliphatic rings.